The van der Waals surface area contributed by atoms with Gasteiger partial charge in [0.2, 0.25) is 0 Å². The van der Waals surface area contributed by atoms with Gasteiger partial charge in [-0.3, -0.25) is 0 Å². The highest BCUT2D eigenvalue weighted by Gasteiger charge is 2.13. The zero-order chi connectivity index (χ0) is 17.9. The number of nitrogens with one attached hydrogen (secondary N) is 1. The third-order valence-electron chi connectivity index (χ3n) is 4.05. The van der Waals surface area contributed by atoms with Crippen molar-refractivity contribution in [3.63, 3.8) is 0 Å². The normalized spacial score (nSPS) is 17.4. The molecule has 0 radical (unpaired) electrons. The molecule has 1 heterocycles. The van der Waals surface area contributed by atoms with Crippen LogP contribution < -0.4 is 5.32 Å². The molecule has 0 spiro atoms. The van der Waals surface area contributed by atoms with Gasteiger partial charge in [0.15, 0.2) is 0 Å². The molecule has 0 saturated carbocycles. The molecule has 0 bridgehead atoms. The lowest BCUT2D eigenvalue weighted by molar-refractivity contribution is 0.185. The van der Waals surface area contributed by atoms with Crippen molar-refractivity contribution in [1.82, 2.24) is 10.2 Å². The van der Waals surface area contributed by atoms with E-state index in [1.54, 1.807) is 14.2 Å². The predicted molar refractivity (Wildman–Crippen MR) is 103 cm³/mol. The van der Waals surface area contributed by atoms with Gasteiger partial charge in [-0.15, -0.1) is 0 Å². The van der Waals surface area contributed by atoms with Gasteiger partial charge in [0.1, 0.15) is 5.76 Å². The van der Waals surface area contributed by atoms with Crippen LogP contribution in [0.3, 0.4) is 0 Å². The Labute approximate surface area is 155 Å². The average molecular weight is 363 g/mol. The van der Waals surface area contributed by atoms with Gasteiger partial charge in [-0.1, -0.05) is 48.0 Å². The zero-order valence-corrected chi connectivity index (χ0v) is 15.8. The molecule has 0 atom stereocenters. The Hall–Kier alpha value is -1.75. The summed E-state index contributed by atoms with van der Waals surface area (Å²) >= 11 is 6.10. The third-order valence-corrected chi connectivity index (χ3v) is 4.38. The fourth-order valence-corrected chi connectivity index (χ4v) is 2.91. The van der Waals surface area contributed by atoms with Crippen LogP contribution in [0.5, 0.6) is 0 Å². The Bertz CT molecular complexity index is 605. The Morgan fingerprint density at radius 2 is 1.80 bits per heavy atom. The molecule has 136 valence electrons. The maximum atomic E-state index is 6.10. The molecule has 5 heteroatoms. The molecule has 2 aliphatic rings. The highest BCUT2D eigenvalue weighted by Crippen LogP contribution is 2.22. The largest absolute Gasteiger partial charge is 0.499 e. The van der Waals surface area contributed by atoms with E-state index in [9.17, 15) is 0 Å². The first kappa shape index (κ1) is 19.6. The van der Waals surface area contributed by atoms with Crippen molar-refractivity contribution in [2.75, 3.05) is 40.4 Å². The molecule has 4 nitrogen and oxygen atoms in total. The summed E-state index contributed by atoms with van der Waals surface area (Å²) in [5.74, 6) is 0.836. The standard InChI is InChI=1S/C12H17ClN2O.C8H10O/c1-16-12-5-3-10(2-4-11(12)13)15-8-6-14-7-9-15;1-9-7-8-5-3-2-4-6-8/h2-4,14H,5-9H2,1H3;2-6H,7H2,1H3. The second-order valence-corrected chi connectivity index (χ2v) is 6.20. The molecular formula is C20H27ClN2O2. The molecule has 1 aromatic rings. The number of hydrogen-bond donors (Lipinski definition) is 1. The number of halogens is 1. The second kappa shape index (κ2) is 11.0. The summed E-state index contributed by atoms with van der Waals surface area (Å²) in [5, 5.41) is 4.04. The number of allylic oxidation sites excluding steroid dienone is 4. The smallest absolute Gasteiger partial charge is 0.118 e. The maximum absolute atomic E-state index is 6.10. The van der Waals surface area contributed by atoms with E-state index < -0.39 is 0 Å². The van der Waals surface area contributed by atoms with Gasteiger partial charge in [-0.05, 0) is 17.7 Å². The van der Waals surface area contributed by atoms with E-state index >= 15 is 0 Å². The first-order valence-corrected chi connectivity index (χ1v) is 8.91. The van der Waals surface area contributed by atoms with Crippen LogP contribution in [0.1, 0.15) is 12.0 Å². The van der Waals surface area contributed by atoms with E-state index in [0.29, 0.717) is 11.6 Å². The highest BCUT2D eigenvalue weighted by atomic mass is 35.5. The van der Waals surface area contributed by atoms with Gasteiger partial charge in [0.25, 0.3) is 0 Å². The van der Waals surface area contributed by atoms with E-state index in [2.05, 4.69) is 22.4 Å². The number of piperazine rings is 1. The summed E-state index contributed by atoms with van der Waals surface area (Å²) in [6.07, 6.45) is 6.93. The summed E-state index contributed by atoms with van der Waals surface area (Å²) in [7, 11) is 3.36. The fourth-order valence-electron chi connectivity index (χ4n) is 2.69. The summed E-state index contributed by atoms with van der Waals surface area (Å²) in [6, 6.07) is 10.1. The number of ether oxygens (including phenoxy) is 2. The van der Waals surface area contributed by atoms with Crippen LogP contribution in [-0.4, -0.2) is 45.3 Å². The molecule has 1 fully saturated rings. The van der Waals surface area contributed by atoms with Gasteiger partial charge < -0.3 is 19.7 Å². The number of methoxy groups -OCH3 is 2. The van der Waals surface area contributed by atoms with Crippen molar-refractivity contribution in [3.8, 4) is 0 Å². The minimum Gasteiger partial charge on any atom is -0.499 e. The Morgan fingerprint density at radius 3 is 2.44 bits per heavy atom. The van der Waals surface area contributed by atoms with Crippen molar-refractivity contribution in [3.05, 3.63) is 70.6 Å². The predicted octanol–water partition coefficient (Wildman–Crippen LogP) is 3.67. The van der Waals surface area contributed by atoms with Gasteiger partial charge in [-0.25, -0.2) is 0 Å². The van der Waals surface area contributed by atoms with Gasteiger partial charge in [0, 0.05) is 45.4 Å². The van der Waals surface area contributed by atoms with E-state index in [-0.39, 0.29) is 0 Å². The van der Waals surface area contributed by atoms with Crippen molar-refractivity contribution in [1.29, 1.82) is 0 Å². The number of nitrogens with zero attached hydrogens (tertiary/aromatic N) is 1. The fraction of sp³-hybridized carbons (Fsp3) is 0.400. The SMILES string of the molecule is COC1=C(Cl)C=CC(N2CCNCC2)=CC1.COCc1ccccc1. The highest BCUT2D eigenvalue weighted by molar-refractivity contribution is 6.31. The summed E-state index contributed by atoms with van der Waals surface area (Å²) in [5.41, 5.74) is 2.46. The zero-order valence-electron chi connectivity index (χ0n) is 15.0. The molecule has 1 aliphatic heterocycles. The van der Waals surface area contributed by atoms with Crippen molar-refractivity contribution in [2.45, 2.75) is 13.0 Å². The topological polar surface area (TPSA) is 33.7 Å². The lowest BCUT2D eigenvalue weighted by atomic mass is 10.2. The average Bonchev–Trinajstić information content (AvgIpc) is 2.85. The molecule has 25 heavy (non-hydrogen) atoms. The molecular weight excluding hydrogens is 336 g/mol. The van der Waals surface area contributed by atoms with Gasteiger partial charge in [-0.2, -0.15) is 0 Å². The summed E-state index contributed by atoms with van der Waals surface area (Å²) < 4.78 is 10.2. The summed E-state index contributed by atoms with van der Waals surface area (Å²) in [4.78, 5) is 2.37. The lowest BCUT2D eigenvalue weighted by Crippen LogP contribution is -2.42. The monoisotopic (exact) mass is 362 g/mol. The molecule has 1 N–H and O–H groups in total. The summed E-state index contributed by atoms with van der Waals surface area (Å²) in [6.45, 7) is 4.90. The van der Waals surface area contributed by atoms with E-state index in [1.807, 2.05) is 36.4 Å². The Kier molecular flexibility index (Phi) is 8.60. The van der Waals surface area contributed by atoms with Crippen molar-refractivity contribution in [2.24, 2.45) is 0 Å². The molecule has 0 aromatic heterocycles. The number of benzene rings is 1. The first-order valence-electron chi connectivity index (χ1n) is 8.54. The third kappa shape index (κ3) is 6.58. The van der Waals surface area contributed by atoms with Crippen LogP contribution >= 0.6 is 11.6 Å². The molecule has 0 unspecified atom stereocenters. The van der Waals surface area contributed by atoms with Crippen molar-refractivity contribution < 1.29 is 9.47 Å². The van der Waals surface area contributed by atoms with Crippen LogP contribution in [0, 0.1) is 0 Å². The van der Waals surface area contributed by atoms with Gasteiger partial charge in [0.05, 0.1) is 18.7 Å². The number of hydrogen-bond acceptors (Lipinski definition) is 4. The lowest BCUT2D eigenvalue weighted by Gasteiger charge is -2.30. The Morgan fingerprint density at radius 1 is 1.08 bits per heavy atom. The maximum Gasteiger partial charge on any atom is 0.118 e. The second-order valence-electron chi connectivity index (χ2n) is 5.80. The quantitative estimate of drug-likeness (QED) is 0.886. The molecule has 0 amide bonds. The molecule has 3 rings (SSSR count). The molecule has 1 aliphatic carbocycles. The minimum absolute atomic E-state index is 0.698. The van der Waals surface area contributed by atoms with Gasteiger partial charge >= 0.3 is 0 Å². The van der Waals surface area contributed by atoms with Crippen molar-refractivity contribution >= 4 is 11.6 Å². The van der Waals surface area contributed by atoms with E-state index in [4.69, 9.17) is 21.1 Å². The van der Waals surface area contributed by atoms with E-state index in [0.717, 1.165) is 38.4 Å². The molecule has 1 saturated heterocycles. The molecule has 1 aromatic carbocycles. The first-order chi connectivity index (χ1) is 12.2. The van der Waals surface area contributed by atoms with Crippen LogP contribution in [0.25, 0.3) is 0 Å². The number of rotatable bonds is 4. The van der Waals surface area contributed by atoms with E-state index in [1.165, 1.54) is 11.3 Å². The van der Waals surface area contributed by atoms with Crippen LogP contribution in [-0.2, 0) is 16.1 Å². The van der Waals surface area contributed by atoms with Crippen LogP contribution in [0.15, 0.2) is 65.0 Å². The Balaban J connectivity index is 0.000000212. The van der Waals surface area contributed by atoms with Crippen LogP contribution in [0.2, 0.25) is 0 Å². The minimum atomic E-state index is 0.698. The van der Waals surface area contributed by atoms with Crippen LogP contribution in [0.4, 0.5) is 0 Å².